The van der Waals surface area contributed by atoms with Crippen LogP contribution in [0.25, 0.3) is 22.3 Å². The second-order valence-corrected chi connectivity index (χ2v) is 14.8. The minimum atomic E-state index is -0.314. The van der Waals surface area contributed by atoms with Gasteiger partial charge in [0.15, 0.2) is 0 Å². The average Bonchev–Trinajstić information content (AvgIpc) is 3.09. The minimum absolute atomic E-state index is 0.110. The van der Waals surface area contributed by atoms with Crippen LogP contribution in [-0.2, 0) is 23.7 Å². The molecule has 0 saturated carbocycles. The van der Waals surface area contributed by atoms with Crippen LogP contribution in [0.1, 0.15) is 61.1 Å². The summed E-state index contributed by atoms with van der Waals surface area (Å²) in [5.74, 6) is 0. The van der Waals surface area contributed by atoms with Crippen molar-refractivity contribution in [2.75, 3.05) is 4.90 Å². The molecule has 0 amide bonds. The van der Waals surface area contributed by atoms with Gasteiger partial charge in [-0.2, -0.15) is 0 Å². The predicted molar refractivity (Wildman–Crippen MR) is 200 cm³/mol. The van der Waals surface area contributed by atoms with E-state index in [1.54, 1.807) is 0 Å². The number of aryl methyl sites for hydroxylation is 1. The molecule has 6 aromatic carbocycles. The molecule has 232 valence electrons. The van der Waals surface area contributed by atoms with Crippen molar-refractivity contribution in [3.8, 4) is 22.3 Å². The summed E-state index contributed by atoms with van der Waals surface area (Å²) in [6.07, 6.45) is 1.65. The van der Waals surface area contributed by atoms with Crippen LogP contribution in [0.15, 0.2) is 127 Å². The summed E-state index contributed by atoms with van der Waals surface area (Å²) in [4.78, 5) is 2.46. The van der Waals surface area contributed by atoms with E-state index in [1.807, 2.05) is 6.07 Å². The molecule has 0 atom stereocenters. The zero-order valence-electron chi connectivity index (χ0n) is 27.2. The number of fused-ring (bicyclic) bond motifs is 8. The molecule has 0 radical (unpaired) electrons. The van der Waals surface area contributed by atoms with Crippen molar-refractivity contribution < 1.29 is 0 Å². The molecule has 0 spiro atoms. The number of anilines is 3. The largest absolute Gasteiger partial charge is 0.310 e. The Labute approximate surface area is 288 Å². The maximum absolute atomic E-state index is 7.02. The quantitative estimate of drug-likeness (QED) is 0.171. The molecule has 3 heteroatoms. The van der Waals surface area contributed by atoms with Crippen molar-refractivity contribution in [2.45, 2.75) is 51.4 Å². The highest BCUT2D eigenvalue weighted by atomic mass is 35.5. The Morgan fingerprint density at radius 1 is 0.489 bits per heavy atom. The number of para-hydroxylation sites is 2. The van der Waals surface area contributed by atoms with Gasteiger partial charge < -0.3 is 4.90 Å². The molecular formula is C44H37Cl2N. The number of hydrogen-bond donors (Lipinski definition) is 0. The van der Waals surface area contributed by atoms with Crippen LogP contribution in [0, 0.1) is 0 Å². The SMILES string of the molecule is CC1(C)c2ccccc2-c2cc(N3c4ccccc4C(C)(C)c4ccccc43)ccc2CCc2c(Cl)cc(Cl)cc2-c2ccccc21. The molecule has 6 aromatic rings. The summed E-state index contributed by atoms with van der Waals surface area (Å²) < 4.78 is 0. The molecule has 2 aliphatic rings. The molecule has 1 heterocycles. The first-order chi connectivity index (χ1) is 22.7. The summed E-state index contributed by atoms with van der Waals surface area (Å²) in [5.41, 5.74) is 15.7. The molecule has 1 aliphatic heterocycles. The lowest BCUT2D eigenvalue weighted by atomic mass is 9.72. The van der Waals surface area contributed by atoms with E-state index in [9.17, 15) is 0 Å². The van der Waals surface area contributed by atoms with Crippen molar-refractivity contribution >= 4 is 40.3 Å². The minimum Gasteiger partial charge on any atom is -0.310 e. The second-order valence-electron chi connectivity index (χ2n) is 14.0. The molecule has 0 bridgehead atoms. The molecule has 47 heavy (non-hydrogen) atoms. The first kappa shape index (κ1) is 30.1. The fraction of sp³-hybridized carbons (Fsp3) is 0.182. The lowest BCUT2D eigenvalue weighted by Crippen LogP contribution is -2.30. The van der Waals surface area contributed by atoms with Gasteiger partial charge in [0.05, 0.1) is 11.4 Å². The number of halogens is 2. The molecule has 0 N–H and O–H groups in total. The topological polar surface area (TPSA) is 3.24 Å². The van der Waals surface area contributed by atoms with Crippen molar-refractivity contribution in [1.29, 1.82) is 0 Å². The standard InChI is InChI=1S/C44H37Cl2N/c1-43(2)36-15-7-5-13-31(36)34-27-30(47-41-19-11-9-17-38(41)44(3,4)39-18-10-12-20-42(39)47)23-21-28(34)22-24-33-35(25-29(45)26-40(33)46)32-14-6-8-16-37(32)43/h5-21,23,25-27H,22,24H2,1-4H3. The third-order valence-electron chi connectivity index (χ3n) is 10.6. The first-order valence-electron chi connectivity index (χ1n) is 16.5. The smallest absolute Gasteiger partial charge is 0.0502 e. The van der Waals surface area contributed by atoms with E-state index in [-0.39, 0.29) is 10.8 Å². The van der Waals surface area contributed by atoms with Gasteiger partial charge in [-0.3, -0.25) is 0 Å². The molecule has 8 rings (SSSR count). The highest BCUT2D eigenvalue weighted by Gasteiger charge is 2.37. The van der Waals surface area contributed by atoms with Crippen molar-refractivity contribution in [2.24, 2.45) is 0 Å². The van der Waals surface area contributed by atoms with E-state index < -0.39 is 0 Å². The van der Waals surface area contributed by atoms with Crippen molar-refractivity contribution in [3.63, 3.8) is 0 Å². The van der Waals surface area contributed by atoms with Gasteiger partial charge in [-0.15, -0.1) is 0 Å². The third kappa shape index (κ3) is 4.74. The van der Waals surface area contributed by atoms with E-state index in [1.165, 1.54) is 55.9 Å². The van der Waals surface area contributed by atoms with Gasteiger partial charge >= 0.3 is 0 Å². The lowest BCUT2D eigenvalue weighted by Gasteiger charge is -2.42. The van der Waals surface area contributed by atoms with Crippen LogP contribution in [0.4, 0.5) is 17.1 Å². The molecular weight excluding hydrogens is 613 g/mol. The average molecular weight is 651 g/mol. The van der Waals surface area contributed by atoms with Crippen molar-refractivity contribution in [1.82, 2.24) is 0 Å². The monoisotopic (exact) mass is 649 g/mol. The Hall–Kier alpha value is -4.30. The summed E-state index contributed by atoms with van der Waals surface area (Å²) in [6.45, 7) is 9.36. The Bertz CT molecular complexity index is 2140. The van der Waals surface area contributed by atoms with E-state index in [0.717, 1.165) is 34.7 Å². The van der Waals surface area contributed by atoms with Gasteiger partial charge in [0.2, 0.25) is 0 Å². The van der Waals surface area contributed by atoms with Crippen LogP contribution >= 0.6 is 23.2 Å². The van der Waals surface area contributed by atoms with Crippen LogP contribution in [-0.4, -0.2) is 0 Å². The molecule has 1 aliphatic carbocycles. The summed E-state index contributed by atoms with van der Waals surface area (Å²) in [6, 6.07) is 46.5. The summed E-state index contributed by atoms with van der Waals surface area (Å²) in [7, 11) is 0. The number of hydrogen-bond acceptors (Lipinski definition) is 1. The molecule has 0 saturated heterocycles. The number of rotatable bonds is 1. The Morgan fingerprint density at radius 2 is 1.00 bits per heavy atom. The van der Waals surface area contributed by atoms with E-state index in [4.69, 9.17) is 23.2 Å². The summed E-state index contributed by atoms with van der Waals surface area (Å²) in [5, 5.41) is 1.38. The fourth-order valence-corrected chi connectivity index (χ4v) is 8.74. The van der Waals surface area contributed by atoms with Gasteiger partial charge in [-0.1, -0.05) is 142 Å². The normalized spacial score (nSPS) is 15.6. The van der Waals surface area contributed by atoms with Gasteiger partial charge in [0.25, 0.3) is 0 Å². The van der Waals surface area contributed by atoms with Crippen LogP contribution in [0.3, 0.4) is 0 Å². The Kier molecular flexibility index (Phi) is 7.13. The summed E-state index contributed by atoms with van der Waals surface area (Å²) >= 11 is 13.7. The van der Waals surface area contributed by atoms with Gasteiger partial charge in [-0.25, -0.2) is 0 Å². The van der Waals surface area contributed by atoms with Gasteiger partial charge in [0.1, 0.15) is 0 Å². The second kappa shape index (κ2) is 11.2. The van der Waals surface area contributed by atoms with E-state index in [0.29, 0.717) is 5.02 Å². The molecule has 0 unspecified atom stereocenters. The van der Waals surface area contributed by atoms with Crippen molar-refractivity contribution in [3.05, 3.63) is 171 Å². The van der Waals surface area contributed by atoms with E-state index >= 15 is 0 Å². The lowest BCUT2D eigenvalue weighted by molar-refractivity contribution is 0.632. The number of benzene rings is 6. The Balaban J connectivity index is 1.40. The van der Waals surface area contributed by atoms with Gasteiger partial charge in [0, 0.05) is 26.6 Å². The Morgan fingerprint density at radius 3 is 1.62 bits per heavy atom. The van der Waals surface area contributed by atoms with E-state index in [2.05, 4.69) is 154 Å². The first-order valence-corrected chi connectivity index (χ1v) is 17.2. The molecule has 0 fully saturated rings. The van der Waals surface area contributed by atoms with Crippen LogP contribution in [0.2, 0.25) is 10.0 Å². The fourth-order valence-electron chi connectivity index (χ4n) is 8.15. The molecule has 1 nitrogen and oxygen atoms in total. The molecule has 0 aromatic heterocycles. The maximum Gasteiger partial charge on any atom is 0.0502 e. The zero-order chi connectivity index (χ0) is 32.5. The zero-order valence-corrected chi connectivity index (χ0v) is 28.8. The number of nitrogens with zero attached hydrogens (tertiary/aromatic N) is 1. The highest BCUT2D eigenvalue weighted by Crippen LogP contribution is 2.53. The van der Waals surface area contributed by atoms with Crippen LogP contribution < -0.4 is 4.90 Å². The highest BCUT2D eigenvalue weighted by molar-refractivity contribution is 6.35. The van der Waals surface area contributed by atoms with Gasteiger partial charge in [-0.05, 0) is 105 Å². The maximum atomic E-state index is 7.02. The van der Waals surface area contributed by atoms with Crippen LogP contribution in [0.5, 0.6) is 0 Å². The third-order valence-corrected chi connectivity index (χ3v) is 11.1. The predicted octanol–water partition coefficient (Wildman–Crippen LogP) is 12.9.